The summed E-state index contributed by atoms with van der Waals surface area (Å²) in [5, 5.41) is 34.5. The van der Waals surface area contributed by atoms with E-state index in [9.17, 15) is 0 Å². The quantitative estimate of drug-likeness (QED) is 0.154. The van der Waals surface area contributed by atoms with E-state index in [0.29, 0.717) is 21.7 Å². The normalized spacial score (nSPS) is 11.4. The molecule has 0 aliphatic carbocycles. The first-order chi connectivity index (χ1) is 60.1. The van der Waals surface area contributed by atoms with Crippen molar-refractivity contribution in [2.45, 2.75) is 118 Å². The minimum absolute atomic E-state index is 0.500. The van der Waals surface area contributed by atoms with Crippen molar-refractivity contribution in [3.05, 3.63) is 424 Å². The second-order valence-electron chi connectivity index (χ2n) is 39.3. The Bertz CT molecular complexity index is 6910. The maximum Gasteiger partial charge on any atom is -0.00203 e. The summed E-state index contributed by atoms with van der Waals surface area (Å²) in [7, 11) is 0. The molecule has 0 nitrogen and oxygen atoms in total. The zero-order chi connectivity index (χ0) is 88.0. The molecule has 0 saturated heterocycles. The van der Waals surface area contributed by atoms with Gasteiger partial charge in [0.1, 0.15) is 0 Å². The van der Waals surface area contributed by atoms with Gasteiger partial charge in [0, 0.05) is 0 Å². The Balaban J connectivity index is 0.000000124. The zero-order valence-electron chi connectivity index (χ0n) is 76.3. The Morgan fingerprint density at radius 3 is 0.632 bits per heavy atom. The molecular formula is C125H120. The summed E-state index contributed by atoms with van der Waals surface area (Å²) >= 11 is 0. The van der Waals surface area contributed by atoms with Gasteiger partial charge in [-0.2, -0.15) is 0 Å². The van der Waals surface area contributed by atoms with Crippen molar-refractivity contribution in [1.29, 1.82) is 0 Å². The lowest BCUT2D eigenvalue weighted by Crippen LogP contribution is -1.93. The number of hydrogen-bond donors (Lipinski definition) is 0. The Morgan fingerprint density at radius 1 is 0.128 bits per heavy atom. The van der Waals surface area contributed by atoms with E-state index in [2.05, 4.69) is 518 Å². The van der Waals surface area contributed by atoms with Crippen LogP contribution >= 0.6 is 0 Å². The first-order valence-electron chi connectivity index (χ1n) is 44.4. The molecule has 0 fully saturated rings. The number of benzene rings is 22. The third kappa shape index (κ3) is 22.1. The predicted octanol–water partition coefficient (Wildman–Crippen LogP) is 38.0. The highest BCUT2D eigenvalue weighted by Gasteiger charge is 2.17. The highest BCUT2D eigenvalue weighted by atomic mass is 14.2. The molecule has 0 amide bonds. The molecule has 22 aromatic rings. The minimum Gasteiger partial charge on any atom is -0.0622 e. The molecule has 0 radical (unpaired) electrons. The fraction of sp³-hybridized carbons (Fsp3) is 0.168. The van der Waals surface area contributed by atoms with Gasteiger partial charge in [0.15, 0.2) is 0 Å². The molecule has 0 atom stereocenters. The number of hydrogen-bond acceptors (Lipinski definition) is 0. The summed E-state index contributed by atoms with van der Waals surface area (Å²) in [4.78, 5) is 0. The van der Waals surface area contributed by atoms with Gasteiger partial charge >= 0.3 is 0 Å². The van der Waals surface area contributed by atoms with Crippen LogP contribution < -0.4 is 0 Å². The molecule has 125 heavy (non-hydrogen) atoms. The van der Waals surface area contributed by atoms with Gasteiger partial charge in [-0.05, 0) is 225 Å². The van der Waals surface area contributed by atoms with Gasteiger partial charge in [0.25, 0.3) is 0 Å². The summed E-state index contributed by atoms with van der Waals surface area (Å²) in [6.07, 6.45) is 0. The van der Waals surface area contributed by atoms with Crippen LogP contribution in [0.3, 0.4) is 0 Å². The second-order valence-corrected chi connectivity index (χ2v) is 39.3. The van der Waals surface area contributed by atoms with Crippen molar-refractivity contribution in [1.82, 2.24) is 0 Å². The molecular weight excluding hydrogens is 1500 g/mol. The van der Waals surface area contributed by atoms with Crippen LogP contribution in [0.15, 0.2) is 419 Å². The van der Waals surface area contributed by atoms with Crippen molar-refractivity contribution >= 4 is 140 Å². The van der Waals surface area contributed by atoms with Gasteiger partial charge in [-0.15, -0.1) is 0 Å². The molecule has 22 rings (SSSR count). The predicted molar refractivity (Wildman–Crippen MR) is 558 cm³/mol. The van der Waals surface area contributed by atoms with E-state index in [4.69, 9.17) is 0 Å². The van der Waals surface area contributed by atoms with E-state index in [0.717, 1.165) is 0 Å². The highest BCUT2D eigenvalue weighted by molar-refractivity contribution is 6.30. The van der Waals surface area contributed by atoms with Crippen LogP contribution in [-0.2, 0) is 0 Å². The van der Waals surface area contributed by atoms with E-state index in [1.165, 1.54) is 190 Å². The van der Waals surface area contributed by atoms with Crippen LogP contribution in [0.5, 0.6) is 0 Å². The molecule has 0 aromatic heterocycles. The van der Waals surface area contributed by atoms with Crippen molar-refractivity contribution in [3.63, 3.8) is 0 Å². The Kier molecular flexibility index (Phi) is 27.3. The average Bonchev–Trinajstić information content (AvgIpc) is 0.725. The first kappa shape index (κ1) is 87.8. The summed E-state index contributed by atoms with van der Waals surface area (Å²) in [5.74, 6) is 0. The molecule has 620 valence electrons. The second kappa shape index (κ2) is 38.9. The highest BCUT2D eigenvalue weighted by Crippen LogP contribution is 2.45. The van der Waals surface area contributed by atoms with Crippen LogP contribution in [0.1, 0.15) is 116 Å². The van der Waals surface area contributed by atoms with E-state index < -0.39 is 0 Å². The molecule has 0 aliphatic rings. The smallest absolute Gasteiger partial charge is 0.00203 e. The molecule has 0 bridgehead atoms. The third-order valence-electron chi connectivity index (χ3n) is 21.1. The van der Waals surface area contributed by atoms with Gasteiger partial charge < -0.3 is 0 Å². The molecule has 0 heterocycles. The van der Waals surface area contributed by atoms with Crippen molar-refractivity contribution in [2.24, 2.45) is 21.7 Å². The van der Waals surface area contributed by atoms with Crippen LogP contribution in [0.2, 0.25) is 0 Å². The SMILES string of the molecule is CC(C)(C)C.CC(C)(C)C.CC(C)(C)C.CC(C)(C)C.Cc1ccccc1.c1ccc(-c2ccc3c4ccccc4c4ccccc4c3c2)cc1.c1ccc(-c2ccc3ccc4c(-c5ccccc5)ccc5ccc2c3c54)cc1.c1ccc2c(-c3ccc4c5ccccc5c5ccccc5c4c3)cccc2c1.c1ccc2c(c1)c1ccccc1c1ccccc21. The molecule has 22 aromatic carbocycles. The van der Waals surface area contributed by atoms with Crippen molar-refractivity contribution in [3.8, 4) is 44.5 Å². The monoisotopic (exact) mass is 1620 g/mol. The van der Waals surface area contributed by atoms with Gasteiger partial charge in [-0.1, -0.05) is 523 Å². The molecule has 0 N–H and O–H groups in total. The van der Waals surface area contributed by atoms with E-state index in [1.807, 2.05) is 18.2 Å². The summed E-state index contributed by atoms with van der Waals surface area (Å²) in [6.45, 7) is 37.1. The number of aryl methyl sites for hydroxylation is 1. The van der Waals surface area contributed by atoms with Gasteiger partial charge in [0.2, 0.25) is 0 Å². The van der Waals surface area contributed by atoms with Gasteiger partial charge in [-0.25, -0.2) is 0 Å². The molecule has 0 heteroatoms. The van der Waals surface area contributed by atoms with Crippen molar-refractivity contribution < 1.29 is 0 Å². The third-order valence-corrected chi connectivity index (χ3v) is 21.1. The van der Waals surface area contributed by atoms with Crippen LogP contribution in [0, 0.1) is 28.6 Å². The lowest BCUT2D eigenvalue weighted by molar-refractivity contribution is 0.469. The topological polar surface area (TPSA) is 0 Å². The number of fused-ring (bicyclic) bond motifs is 19. The van der Waals surface area contributed by atoms with Crippen LogP contribution in [-0.4, -0.2) is 0 Å². The maximum absolute atomic E-state index is 2.37. The van der Waals surface area contributed by atoms with E-state index in [-0.39, 0.29) is 0 Å². The van der Waals surface area contributed by atoms with E-state index >= 15 is 0 Å². The summed E-state index contributed by atoms with van der Waals surface area (Å²) in [6, 6.07) is 150. The van der Waals surface area contributed by atoms with Crippen LogP contribution in [0.4, 0.5) is 0 Å². The number of rotatable bonds is 4. The fourth-order valence-corrected chi connectivity index (χ4v) is 16.2. The molecule has 0 saturated carbocycles. The Hall–Kier alpha value is -13.5. The van der Waals surface area contributed by atoms with E-state index in [1.54, 1.807) is 0 Å². The van der Waals surface area contributed by atoms with Gasteiger partial charge in [-0.3, -0.25) is 0 Å². The molecule has 0 spiro atoms. The van der Waals surface area contributed by atoms with Crippen molar-refractivity contribution in [2.75, 3.05) is 0 Å². The fourth-order valence-electron chi connectivity index (χ4n) is 16.2. The Labute approximate surface area is 742 Å². The lowest BCUT2D eigenvalue weighted by Gasteiger charge is -2.16. The molecule has 0 aliphatic heterocycles. The standard InChI is InChI=1S/2C28H18.C24H16.C18H12.C7H8.4C5H12/c1-3-7-19(8-4-1)23-15-11-21-14-18-26-24(20-9-5-2-6-10-20)16-12-22-13-17-25(23)27(21)28(22)26;1-2-10-21-19(8-1)9-7-15-22(21)20-16-17-27-25-13-4-3-11-23(25)24-12-5-6-14-26(24)28(27)18-20;1-2-8-17(9-3-1)18-14-15-23-21-12-5-4-10-19(21)20-11-6-7-13-22(20)24(23)16-18;1-2-8-14-13(7-1)15-9-3-4-11-17(15)18-12-6-5-10-16(14)18;1-7-5-3-2-4-6-7;4*1-5(2,3)4/h2*1-18H;1-16H;1-12H;2-6H,1H3;4*1-4H3. The zero-order valence-corrected chi connectivity index (χ0v) is 76.3. The summed E-state index contributed by atoms with van der Waals surface area (Å²) < 4.78 is 0. The largest absolute Gasteiger partial charge is 0.0622 e. The Morgan fingerprint density at radius 2 is 0.336 bits per heavy atom. The minimum atomic E-state index is 0.500. The maximum atomic E-state index is 2.37. The summed E-state index contributed by atoms with van der Waals surface area (Å²) in [5.41, 5.74) is 13.5. The van der Waals surface area contributed by atoms with Crippen LogP contribution in [0.25, 0.3) is 185 Å². The first-order valence-corrected chi connectivity index (χ1v) is 44.4. The lowest BCUT2D eigenvalue weighted by atomic mass is 9.87. The van der Waals surface area contributed by atoms with Gasteiger partial charge in [0.05, 0.1) is 0 Å². The average molecular weight is 1620 g/mol. The molecule has 0 unspecified atom stereocenters.